The summed E-state index contributed by atoms with van der Waals surface area (Å²) in [5, 5.41) is 3.04. The second kappa shape index (κ2) is 14.4. The van der Waals surface area contributed by atoms with Crippen LogP contribution in [0.25, 0.3) is 0 Å². The number of allylic oxidation sites excluding steroid dienone is 1. The largest absolute Gasteiger partial charge is 0.573 e. The average molecular weight is 635 g/mol. The number of nitrogens with one attached hydrogen (secondary N) is 1. The van der Waals surface area contributed by atoms with Gasteiger partial charge in [-0.05, 0) is 53.5 Å². The van der Waals surface area contributed by atoms with Crippen LogP contribution in [-0.4, -0.2) is 56.4 Å². The molecule has 1 aliphatic rings. The van der Waals surface area contributed by atoms with Gasteiger partial charge in [-0.25, -0.2) is 4.99 Å². The van der Waals surface area contributed by atoms with E-state index < -0.39 is 29.6 Å². The Bertz CT molecular complexity index is 1430. The zero-order chi connectivity index (χ0) is 32.5. The van der Waals surface area contributed by atoms with E-state index in [1.54, 1.807) is 48.5 Å². The van der Waals surface area contributed by atoms with Gasteiger partial charge in [-0.15, -0.1) is 26.3 Å². The molecule has 0 radical (unpaired) electrons. The summed E-state index contributed by atoms with van der Waals surface area (Å²) in [4.78, 5) is 6.34. The van der Waals surface area contributed by atoms with E-state index in [0.717, 1.165) is 17.7 Å². The molecule has 0 unspecified atom stereocenters. The minimum Gasteiger partial charge on any atom is -0.406 e. The Morgan fingerprint density at radius 2 is 1.42 bits per heavy atom. The Kier molecular flexibility index (Phi) is 10.7. The van der Waals surface area contributed by atoms with Gasteiger partial charge in [0.2, 0.25) is 0 Å². The minimum atomic E-state index is -4.97. The van der Waals surface area contributed by atoms with Crippen LogP contribution < -0.4 is 20.5 Å². The maximum absolute atomic E-state index is 13.2. The third-order valence-corrected chi connectivity index (χ3v) is 7.08. The highest BCUT2D eigenvalue weighted by atomic mass is 19.4. The molecule has 0 saturated carbocycles. The number of nitrogens with two attached hydrogens (primary N) is 1. The number of alkyl halides is 6. The van der Waals surface area contributed by atoms with Crippen molar-refractivity contribution in [2.75, 3.05) is 32.8 Å². The number of ether oxygens (including phenoxy) is 3. The van der Waals surface area contributed by atoms with E-state index in [1.165, 1.54) is 30.5 Å². The molecule has 13 heteroatoms. The van der Waals surface area contributed by atoms with Gasteiger partial charge in [0.05, 0.1) is 25.1 Å². The fraction of sp³-hybridized carbons (Fsp3) is 0.281. The Morgan fingerprint density at radius 1 is 0.867 bits per heavy atom. The molecule has 3 aromatic carbocycles. The summed E-state index contributed by atoms with van der Waals surface area (Å²) in [5.74, 6) is -1.03. The number of aliphatic imine (C=N–C) groups is 1. The summed E-state index contributed by atoms with van der Waals surface area (Å²) >= 11 is 0. The van der Waals surface area contributed by atoms with Crippen molar-refractivity contribution in [1.82, 2.24) is 10.2 Å². The molecule has 1 heterocycles. The highest BCUT2D eigenvalue weighted by Gasteiger charge is 2.38. The molecule has 0 spiro atoms. The Balaban J connectivity index is 1.81. The zero-order valence-electron chi connectivity index (χ0n) is 24.1. The van der Waals surface area contributed by atoms with E-state index in [4.69, 9.17) is 10.5 Å². The van der Waals surface area contributed by atoms with Gasteiger partial charge < -0.3 is 30.2 Å². The maximum atomic E-state index is 13.2. The summed E-state index contributed by atoms with van der Waals surface area (Å²) in [6.07, 6.45) is -6.64. The van der Waals surface area contributed by atoms with Crippen LogP contribution >= 0.6 is 0 Å². The highest BCUT2D eigenvalue weighted by molar-refractivity contribution is 5.78. The number of benzene rings is 3. The first-order valence-electron chi connectivity index (χ1n) is 13.9. The molecular formula is C32H32F6N4O3. The molecule has 0 amide bonds. The van der Waals surface area contributed by atoms with Gasteiger partial charge in [0.15, 0.2) is 5.96 Å². The lowest BCUT2D eigenvalue weighted by molar-refractivity contribution is -0.275. The first-order chi connectivity index (χ1) is 21.4. The van der Waals surface area contributed by atoms with Crippen LogP contribution in [0, 0.1) is 0 Å². The van der Waals surface area contributed by atoms with E-state index in [1.807, 2.05) is 4.90 Å². The third-order valence-electron chi connectivity index (χ3n) is 7.08. The molecule has 0 bridgehead atoms. The fourth-order valence-corrected chi connectivity index (χ4v) is 5.07. The molecule has 0 atom stereocenters. The van der Waals surface area contributed by atoms with E-state index >= 15 is 0 Å². The molecular weight excluding hydrogens is 602 g/mol. The molecule has 1 saturated heterocycles. The molecule has 0 aromatic heterocycles. The van der Waals surface area contributed by atoms with Crippen molar-refractivity contribution in [3.8, 4) is 11.5 Å². The van der Waals surface area contributed by atoms with Gasteiger partial charge in [0.25, 0.3) is 0 Å². The summed E-state index contributed by atoms with van der Waals surface area (Å²) in [7, 11) is 0. The molecule has 7 nitrogen and oxygen atoms in total. The molecule has 3 aromatic rings. The Hall–Kier alpha value is -4.65. The first-order valence-corrected chi connectivity index (χ1v) is 13.9. The van der Waals surface area contributed by atoms with Crippen molar-refractivity contribution >= 4 is 5.96 Å². The van der Waals surface area contributed by atoms with Gasteiger partial charge in [-0.1, -0.05) is 61.2 Å². The maximum Gasteiger partial charge on any atom is 0.573 e. The van der Waals surface area contributed by atoms with Crippen molar-refractivity contribution in [2.45, 2.75) is 24.6 Å². The lowest BCUT2D eigenvalue weighted by atomic mass is 9.70. The van der Waals surface area contributed by atoms with Crippen LogP contribution in [-0.2, 0) is 16.6 Å². The van der Waals surface area contributed by atoms with E-state index in [9.17, 15) is 26.3 Å². The van der Waals surface area contributed by atoms with Gasteiger partial charge >= 0.3 is 12.7 Å². The van der Waals surface area contributed by atoms with Gasteiger partial charge in [-0.2, -0.15) is 0 Å². The van der Waals surface area contributed by atoms with Crippen LogP contribution in [0.3, 0.4) is 0 Å². The number of nitrogens with zero attached hydrogens (tertiary/aromatic N) is 2. The number of morpholine rings is 1. The molecule has 45 heavy (non-hydrogen) atoms. The van der Waals surface area contributed by atoms with Crippen molar-refractivity contribution in [1.29, 1.82) is 0 Å². The molecule has 4 rings (SSSR count). The van der Waals surface area contributed by atoms with E-state index in [2.05, 4.69) is 26.4 Å². The van der Waals surface area contributed by atoms with Gasteiger partial charge in [0, 0.05) is 25.0 Å². The normalized spacial score (nSPS) is 15.0. The Morgan fingerprint density at radius 3 is 1.93 bits per heavy atom. The first kappa shape index (κ1) is 33.2. The SMILES string of the molecule is C=C/C(=C\N=C(/N)NCC(Cc1ccccc1)(c1cccc(OC(F)(F)F)c1)c1cccc(OC(F)(F)F)c1)N1CCOCC1. The standard InChI is InChI=1S/C32H32F6N4O3/c1-2-26(42-14-16-43-17-15-42)21-40-29(39)41-22-30(20-23-8-4-3-5-9-23,24-10-6-12-27(18-24)44-31(33,34)35)25-11-7-13-28(19-25)45-32(36,37)38/h2-13,18-19,21H,1,14-17,20,22H2,(H3,39,40,41)/b26-21+. The predicted molar refractivity (Wildman–Crippen MR) is 157 cm³/mol. The second-order valence-corrected chi connectivity index (χ2v) is 10.1. The smallest absolute Gasteiger partial charge is 0.406 e. The molecule has 1 fully saturated rings. The summed E-state index contributed by atoms with van der Waals surface area (Å²) in [5.41, 5.74) is 7.04. The molecule has 3 N–H and O–H groups in total. The number of halogens is 6. The summed E-state index contributed by atoms with van der Waals surface area (Å²) in [6, 6.07) is 19.6. The lowest BCUT2D eigenvalue weighted by Gasteiger charge is -2.36. The topological polar surface area (TPSA) is 81.3 Å². The number of hydrogen-bond acceptors (Lipinski definition) is 5. The fourth-order valence-electron chi connectivity index (χ4n) is 5.07. The van der Waals surface area contributed by atoms with Crippen LogP contribution in [0.5, 0.6) is 11.5 Å². The summed E-state index contributed by atoms with van der Waals surface area (Å²) < 4.78 is 93.0. The van der Waals surface area contributed by atoms with Gasteiger partial charge in [-0.3, -0.25) is 0 Å². The Labute approximate surface area is 256 Å². The number of rotatable bonds is 11. The van der Waals surface area contributed by atoms with Crippen LogP contribution in [0.2, 0.25) is 0 Å². The summed E-state index contributed by atoms with van der Waals surface area (Å²) in [6.45, 7) is 6.09. The molecule has 240 valence electrons. The van der Waals surface area contributed by atoms with Gasteiger partial charge in [0.1, 0.15) is 11.5 Å². The van der Waals surface area contributed by atoms with E-state index in [-0.39, 0.29) is 18.9 Å². The third kappa shape index (κ3) is 9.67. The van der Waals surface area contributed by atoms with Crippen molar-refractivity contribution in [2.24, 2.45) is 10.7 Å². The monoisotopic (exact) mass is 634 g/mol. The quantitative estimate of drug-likeness (QED) is 0.112. The molecule has 1 aliphatic heterocycles. The van der Waals surface area contributed by atoms with Crippen LogP contribution in [0.15, 0.2) is 108 Å². The average Bonchev–Trinajstić information content (AvgIpc) is 2.99. The van der Waals surface area contributed by atoms with Crippen molar-refractivity contribution in [3.63, 3.8) is 0 Å². The van der Waals surface area contributed by atoms with E-state index in [0.29, 0.717) is 43.1 Å². The van der Waals surface area contributed by atoms with Crippen molar-refractivity contribution < 1.29 is 40.6 Å². The second-order valence-electron chi connectivity index (χ2n) is 10.1. The predicted octanol–water partition coefficient (Wildman–Crippen LogP) is 6.28. The number of guanidine groups is 1. The number of hydrogen-bond donors (Lipinski definition) is 2. The lowest BCUT2D eigenvalue weighted by Crippen LogP contribution is -2.45. The molecule has 0 aliphatic carbocycles. The zero-order valence-corrected chi connectivity index (χ0v) is 24.1. The highest BCUT2D eigenvalue weighted by Crippen LogP contribution is 2.39. The van der Waals surface area contributed by atoms with Crippen LogP contribution in [0.1, 0.15) is 16.7 Å². The minimum absolute atomic E-state index is 0.0366. The van der Waals surface area contributed by atoms with Crippen LogP contribution in [0.4, 0.5) is 26.3 Å². The van der Waals surface area contributed by atoms with Crippen molar-refractivity contribution in [3.05, 3.63) is 120 Å².